The molecule has 172 valence electrons. The maximum absolute atomic E-state index is 14.3. The Kier molecular flexibility index (Phi) is 7.96. The van der Waals surface area contributed by atoms with Crippen LogP contribution in [-0.2, 0) is 15.5 Å². The first-order valence-electron chi connectivity index (χ1n) is 9.61. The Bertz CT molecular complexity index is 979. The van der Waals surface area contributed by atoms with Crippen molar-refractivity contribution in [1.82, 2.24) is 0 Å². The topological polar surface area (TPSA) is 91.3 Å². The number of amides is 2. The standard InChI is InChI=1S/C22H23F4N3O3/c1-12(2)22(25,26)14-5-4-6-16(11-14)29-20(31)18(13(3)27)19(30)28-15-7-9-17(10-8-15)32-21(23)24/h4-12,18,21,27H,1-3H3,(H,28,30)(H,29,31). The Morgan fingerprint density at radius 3 is 2.03 bits per heavy atom. The third-order valence-corrected chi connectivity index (χ3v) is 4.54. The summed E-state index contributed by atoms with van der Waals surface area (Å²) in [6.07, 6.45) is 0. The van der Waals surface area contributed by atoms with E-state index < -0.39 is 36.2 Å². The molecule has 2 aromatic carbocycles. The highest BCUT2D eigenvalue weighted by Gasteiger charge is 2.36. The zero-order valence-corrected chi connectivity index (χ0v) is 17.6. The molecule has 0 aliphatic carbocycles. The predicted octanol–water partition coefficient (Wildman–Crippen LogP) is 5.27. The summed E-state index contributed by atoms with van der Waals surface area (Å²) in [5, 5.41) is 12.6. The minimum Gasteiger partial charge on any atom is -0.435 e. The molecule has 2 amide bonds. The summed E-state index contributed by atoms with van der Waals surface area (Å²) in [6, 6.07) is 10.1. The second-order valence-corrected chi connectivity index (χ2v) is 7.36. The van der Waals surface area contributed by atoms with Crippen molar-refractivity contribution in [2.45, 2.75) is 33.3 Å². The van der Waals surface area contributed by atoms with Gasteiger partial charge in [0, 0.05) is 28.6 Å². The first-order chi connectivity index (χ1) is 14.9. The first-order valence-corrected chi connectivity index (χ1v) is 9.61. The summed E-state index contributed by atoms with van der Waals surface area (Å²) in [4.78, 5) is 25.2. The van der Waals surface area contributed by atoms with Crippen molar-refractivity contribution in [3.8, 4) is 5.75 Å². The maximum atomic E-state index is 14.3. The average molecular weight is 453 g/mol. The Morgan fingerprint density at radius 2 is 1.53 bits per heavy atom. The molecule has 3 N–H and O–H groups in total. The van der Waals surface area contributed by atoms with Gasteiger partial charge < -0.3 is 20.8 Å². The quantitative estimate of drug-likeness (QED) is 0.274. The Balaban J connectivity index is 2.14. The van der Waals surface area contributed by atoms with Crippen LogP contribution in [0.15, 0.2) is 48.5 Å². The lowest BCUT2D eigenvalue weighted by Gasteiger charge is -2.22. The van der Waals surface area contributed by atoms with Crippen LogP contribution in [0, 0.1) is 17.2 Å². The highest BCUT2D eigenvalue weighted by Crippen LogP contribution is 2.36. The van der Waals surface area contributed by atoms with E-state index in [2.05, 4.69) is 15.4 Å². The second kappa shape index (κ2) is 10.3. The van der Waals surface area contributed by atoms with Crippen molar-refractivity contribution in [3.05, 3.63) is 54.1 Å². The molecule has 0 saturated carbocycles. The molecule has 10 heteroatoms. The molecule has 0 aromatic heterocycles. The number of ether oxygens (including phenoxy) is 1. The molecular formula is C22H23F4N3O3. The van der Waals surface area contributed by atoms with Crippen molar-refractivity contribution in [1.29, 1.82) is 5.41 Å². The van der Waals surface area contributed by atoms with Gasteiger partial charge in [0.25, 0.3) is 5.92 Å². The molecule has 0 saturated heterocycles. The Morgan fingerprint density at radius 1 is 0.969 bits per heavy atom. The second-order valence-electron chi connectivity index (χ2n) is 7.36. The van der Waals surface area contributed by atoms with Crippen molar-refractivity contribution in [2.75, 3.05) is 10.6 Å². The zero-order valence-electron chi connectivity index (χ0n) is 17.6. The summed E-state index contributed by atoms with van der Waals surface area (Å²) in [7, 11) is 0. The van der Waals surface area contributed by atoms with Gasteiger partial charge in [-0.15, -0.1) is 0 Å². The number of alkyl halides is 4. The van der Waals surface area contributed by atoms with Crippen molar-refractivity contribution in [2.24, 2.45) is 11.8 Å². The van der Waals surface area contributed by atoms with Crippen molar-refractivity contribution in [3.63, 3.8) is 0 Å². The molecule has 1 unspecified atom stereocenters. The number of carbonyl (C=O) groups excluding carboxylic acids is 2. The molecule has 0 heterocycles. The van der Waals surface area contributed by atoms with Crippen LogP contribution < -0.4 is 15.4 Å². The van der Waals surface area contributed by atoms with Crippen LogP contribution >= 0.6 is 0 Å². The van der Waals surface area contributed by atoms with Crippen LogP contribution in [0.2, 0.25) is 0 Å². The van der Waals surface area contributed by atoms with Crippen LogP contribution in [0.25, 0.3) is 0 Å². The van der Waals surface area contributed by atoms with E-state index in [0.29, 0.717) is 0 Å². The minimum absolute atomic E-state index is 0.0559. The van der Waals surface area contributed by atoms with Gasteiger partial charge in [-0.2, -0.15) is 8.78 Å². The van der Waals surface area contributed by atoms with Crippen molar-refractivity contribution >= 4 is 28.9 Å². The van der Waals surface area contributed by atoms with E-state index in [4.69, 9.17) is 5.41 Å². The van der Waals surface area contributed by atoms with E-state index in [-0.39, 0.29) is 28.4 Å². The van der Waals surface area contributed by atoms with Gasteiger partial charge in [0.15, 0.2) is 5.92 Å². The largest absolute Gasteiger partial charge is 0.435 e. The third-order valence-electron chi connectivity index (χ3n) is 4.54. The molecule has 0 radical (unpaired) electrons. The molecule has 2 aromatic rings. The summed E-state index contributed by atoms with van der Waals surface area (Å²) in [5.74, 6) is -7.46. The summed E-state index contributed by atoms with van der Waals surface area (Å²) in [6.45, 7) is 1.00. The fraction of sp³-hybridized carbons (Fsp3) is 0.318. The Labute approximate surface area is 182 Å². The highest BCUT2D eigenvalue weighted by atomic mass is 19.3. The van der Waals surface area contributed by atoms with Gasteiger partial charge >= 0.3 is 6.61 Å². The molecule has 2 rings (SSSR count). The number of halogens is 4. The summed E-state index contributed by atoms with van der Waals surface area (Å²) in [5.41, 5.74) is -0.320. The normalized spacial score (nSPS) is 12.4. The number of nitrogens with one attached hydrogen (secondary N) is 3. The predicted molar refractivity (Wildman–Crippen MR) is 112 cm³/mol. The van der Waals surface area contributed by atoms with Crippen LogP contribution in [-0.4, -0.2) is 24.1 Å². The van der Waals surface area contributed by atoms with Gasteiger partial charge in [-0.25, -0.2) is 8.78 Å². The summed E-state index contributed by atoms with van der Waals surface area (Å²) >= 11 is 0. The number of carbonyl (C=O) groups is 2. The molecular weight excluding hydrogens is 430 g/mol. The number of hydrogen-bond acceptors (Lipinski definition) is 4. The van der Waals surface area contributed by atoms with Gasteiger partial charge in [0.1, 0.15) is 5.75 Å². The molecule has 0 aliphatic heterocycles. The number of hydrogen-bond donors (Lipinski definition) is 3. The van der Waals surface area contributed by atoms with E-state index in [1.165, 1.54) is 63.2 Å². The first kappa shape index (κ1) is 24.8. The van der Waals surface area contributed by atoms with Crippen LogP contribution in [0.5, 0.6) is 5.75 Å². The molecule has 0 spiro atoms. The van der Waals surface area contributed by atoms with Gasteiger partial charge in [0.05, 0.1) is 0 Å². The lowest BCUT2D eigenvalue weighted by atomic mass is 9.97. The van der Waals surface area contributed by atoms with E-state index in [1.54, 1.807) is 0 Å². The van der Waals surface area contributed by atoms with Gasteiger partial charge in [-0.1, -0.05) is 26.0 Å². The SMILES string of the molecule is CC(=N)C(C(=O)Nc1ccc(OC(F)F)cc1)C(=O)Nc1cccc(C(F)(F)C(C)C)c1. The number of rotatable bonds is 9. The average Bonchev–Trinajstić information content (AvgIpc) is 2.69. The smallest absolute Gasteiger partial charge is 0.387 e. The maximum Gasteiger partial charge on any atom is 0.387 e. The van der Waals surface area contributed by atoms with Crippen molar-refractivity contribution < 1.29 is 31.9 Å². The lowest BCUT2D eigenvalue weighted by molar-refractivity contribution is -0.126. The van der Waals surface area contributed by atoms with E-state index in [1.807, 2.05) is 0 Å². The molecule has 6 nitrogen and oxygen atoms in total. The highest BCUT2D eigenvalue weighted by molar-refractivity contribution is 6.24. The Hall–Kier alpha value is -3.43. The molecule has 32 heavy (non-hydrogen) atoms. The molecule has 0 aliphatic rings. The van der Waals surface area contributed by atoms with Crippen LogP contribution in [0.1, 0.15) is 26.3 Å². The summed E-state index contributed by atoms with van der Waals surface area (Å²) < 4.78 is 57.2. The van der Waals surface area contributed by atoms with E-state index in [0.717, 1.165) is 6.07 Å². The lowest BCUT2D eigenvalue weighted by Crippen LogP contribution is -2.38. The van der Waals surface area contributed by atoms with Gasteiger partial charge in [-0.05, 0) is 43.3 Å². The fourth-order valence-electron chi connectivity index (χ4n) is 2.80. The molecule has 0 fully saturated rings. The van der Waals surface area contributed by atoms with Crippen LogP contribution in [0.4, 0.5) is 28.9 Å². The monoisotopic (exact) mass is 453 g/mol. The number of benzene rings is 2. The van der Waals surface area contributed by atoms with E-state index in [9.17, 15) is 27.2 Å². The molecule has 0 bridgehead atoms. The van der Waals surface area contributed by atoms with Gasteiger partial charge in [-0.3, -0.25) is 9.59 Å². The number of anilines is 2. The van der Waals surface area contributed by atoms with Gasteiger partial charge in [0.2, 0.25) is 11.8 Å². The zero-order chi connectivity index (χ0) is 24.1. The fourth-order valence-corrected chi connectivity index (χ4v) is 2.80. The van der Waals surface area contributed by atoms with Crippen LogP contribution in [0.3, 0.4) is 0 Å². The minimum atomic E-state index is -3.12. The van der Waals surface area contributed by atoms with E-state index >= 15 is 0 Å². The molecule has 1 atom stereocenters. The third kappa shape index (κ3) is 6.29.